The Kier molecular flexibility index (Phi) is 7.56. The molecule has 0 saturated heterocycles. The van der Waals surface area contributed by atoms with Crippen molar-refractivity contribution in [3.63, 3.8) is 0 Å². The Balaban J connectivity index is 1.66. The van der Waals surface area contributed by atoms with Crippen LogP contribution < -0.4 is 15.4 Å². The van der Waals surface area contributed by atoms with Crippen LogP contribution in [0.1, 0.15) is 54.9 Å². The van der Waals surface area contributed by atoms with E-state index in [2.05, 4.69) is 48.0 Å². The lowest BCUT2D eigenvalue weighted by Gasteiger charge is -2.44. The zero-order chi connectivity index (χ0) is 28.8. The molecule has 1 atom stereocenters. The topological polar surface area (TPSA) is 79.4 Å². The van der Waals surface area contributed by atoms with Crippen LogP contribution >= 0.6 is 27.5 Å². The number of hydrogen-bond donors (Lipinski definition) is 1. The summed E-state index contributed by atoms with van der Waals surface area (Å²) in [5.74, 6) is 0.445. The summed E-state index contributed by atoms with van der Waals surface area (Å²) in [7, 11) is 0. The Labute approximate surface area is 249 Å². The Morgan fingerprint density at radius 1 is 1.10 bits per heavy atom. The number of carbonyl (C=O) groups excluding carboxylic acids is 1. The van der Waals surface area contributed by atoms with Crippen molar-refractivity contribution in [3.05, 3.63) is 115 Å². The number of anilines is 1. The summed E-state index contributed by atoms with van der Waals surface area (Å²) in [6.07, 6.45) is 1.07. The average Bonchev–Trinajstić information content (AvgIpc) is 2.89. The first-order valence-electron chi connectivity index (χ1n) is 13.2. The summed E-state index contributed by atoms with van der Waals surface area (Å²) >= 11 is 9.82. The number of hydrogen-bond acceptors (Lipinski definition) is 5. The van der Waals surface area contributed by atoms with Gasteiger partial charge in [-0.2, -0.15) is 5.26 Å². The summed E-state index contributed by atoms with van der Waals surface area (Å²) in [4.78, 5) is 15.8. The highest BCUT2D eigenvalue weighted by atomic mass is 79.9. The van der Waals surface area contributed by atoms with E-state index < -0.39 is 5.92 Å². The first-order valence-corrected chi connectivity index (χ1v) is 14.4. The second kappa shape index (κ2) is 10.8. The number of nitrogens with two attached hydrogens (primary N) is 1. The highest BCUT2D eigenvalue weighted by Gasteiger charge is 2.45. The van der Waals surface area contributed by atoms with Crippen molar-refractivity contribution >= 4 is 39.0 Å². The molecular formula is C33H31BrClN3O2. The number of rotatable bonds is 5. The monoisotopic (exact) mass is 615 g/mol. The van der Waals surface area contributed by atoms with Crippen LogP contribution in [0, 0.1) is 30.6 Å². The second-order valence-corrected chi connectivity index (χ2v) is 12.6. The maximum absolute atomic E-state index is 13.9. The van der Waals surface area contributed by atoms with Gasteiger partial charge in [-0.05, 0) is 84.3 Å². The Morgan fingerprint density at radius 2 is 1.80 bits per heavy atom. The van der Waals surface area contributed by atoms with Gasteiger partial charge >= 0.3 is 0 Å². The molecule has 1 aliphatic carbocycles. The standard InChI is InChI=1S/C33H31BrClN3O2/c1-19-13-20(2)24(14-21(19)18-40-29-8-6-5-7-26(29)35)30-25(17-36)32(37)38(23-11-9-22(34)10-12-23)27-15-33(3,4)16-28(39)31(27)30/h5-14,30H,15-16,18,37H2,1-4H3. The number of para-hydroxylation sites is 1. The van der Waals surface area contributed by atoms with E-state index in [0.717, 1.165) is 38.1 Å². The van der Waals surface area contributed by atoms with E-state index >= 15 is 0 Å². The van der Waals surface area contributed by atoms with Crippen LogP contribution in [-0.4, -0.2) is 5.78 Å². The van der Waals surface area contributed by atoms with Crippen LogP contribution in [0.2, 0.25) is 5.02 Å². The molecule has 2 aliphatic rings. The molecule has 3 aromatic carbocycles. The Morgan fingerprint density at radius 3 is 2.48 bits per heavy atom. The van der Waals surface area contributed by atoms with Crippen molar-refractivity contribution in [3.8, 4) is 11.8 Å². The van der Waals surface area contributed by atoms with Gasteiger partial charge in [0.15, 0.2) is 5.78 Å². The van der Waals surface area contributed by atoms with Gasteiger partial charge in [-0.1, -0.05) is 65.6 Å². The van der Waals surface area contributed by atoms with E-state index in [1.807, 2.05) is 61.2 Å². The molecule has 5 nitrogen and oxygen atoms in total. The van der Waals surface area contributed by atoms with Crippen LogP contribution in [0.5, 0.6) is 5.75 Å². The molecular weight excluding hydrogens is 586 g/mol. The van der Waals surface area contributed by atoms with E-state index in [9.17, 15) is 10.1 Å². The summed E-state index contributed by atoms with van der Waals surface area (Å²) < 4.78 is 7.01. The molecule has 0 saturated carbocycles. The van der Waals surface area contributed by atoms with Crippen LogP contribution in [0.4, 0.5) is 5.69 Å². The number of aryl methyl sites for hydroxylation is 2. The highest BCUT2D eigenvalue weighted by Crippen LogP contribution is 2.51. The lowest BCUT2D eigenvalue weighted by molar-refractivity contribution is -0.118. The van der Waals surface area contributed by atoms with Gasteiger partial charge in [0.1, 0.15) is 18.2 Å². The molecule has 7 heteroatoms. The number of Topliss-reactive ketones (excluding diaryl/α,β-unsaturated/α-hetero) is 1. The molecule has 40 heavy (non-hydrogen) atoms. The zero-order valence-corrected chi connectivity index (χ0v) is 25.4. The van der Waals surface area contributed by atoms with Crippen molar-refractivity contribution in [1.82, 2.24) is 0 Å². The smallest absolute Gasteiger partial charge is 0.162 e. The van der Waals surface area contributed by atoms with E-state index in [1.54, 1.807) is 6.07 Å². The minimum Gasteiger partial charge on any atom is -0.487 e. The quantitative estimate of drug-likeness (QED) is 0.312. The minimum absolute atomic E-state index is 0.0486. The molecule has 2 N–H and O–H groups in total. The molecule has 1 unspecified atom stereocenters. The third-order valence-electron chi connectivity index (χ3n) is 7.72. The normalized spacial score (nSPS) is 18.5. The zero-order valence-electron chi connectivity index (χ0n) is 23.0. The van der Waals surface area contributed by atoms with Gasteiger partial charge in [0.2, 0.25) is 0 Å². The fourth-order valence-electron chi connectivity index (χ4n) is 5.80. The van der Waals surface area contributed by atoms with Gasteiger partial charge in [-0.15, -0.1) is 0 Å². The maximum atomic E-state index is 13.9. The Hall–Kier alpha value is -3.53. The van der Waals surface area contributed by atoms with E-state index in [4.69, 9.17) is 22.1 Å². The van der Waals surface area contributed by atoms with Gasteiger partial charge < -0.3 is 10.5 Å². The first kappa shape index (κ1) is 28.0. The number of allylic oxidation sites excluding steroid dienone is 3. The summed E-state index contributed by atoms with van der Waals surface area (Å²) in [5, 5.41) is 11.0. The number of nitrogens with zero attached hydrogens (tertiary/aromatic N) is 2. The maximum Gasteiger partial charge on any atom is 0.162 e. The fourth-order valence-corrected chi connectivity index (χ4v) is 6.26. The molecule has 0 radical (unpaired) electrons. The van der Waals surface area contributed by atoms with Gasteiger partial charge in [0.25, 0.3) is 0 Å². The van der Waals surface area contributed by atoms with Crippen LogP contribution in [0.25, 0.3) is 0 Å². The minimum atomic E-state index is -0.560. The summed E-state index contributed by atoms with van der Waals surface area (Å²) in [5.41, 5.74) is 13.2. The SMILES string of the molecule is Cc1cc(C)c(C2C(C#N)=C(N)N(c3ccc(Br)cc3)C3=C2C(=O)CC(C)(C)C3)cc1COc1ccccc1Cl. The summed E-state index contributed by atoms with van der Waals surface area (Å²) in [6, 6.07) is 21.7. The number of halogens is 2. The largest absolute Gasteiger partial charge is 0.487 e. The second-order valence-electron chi connectivity index (χ2n) is 11.3. The molecule has 0 bridgehead atoms. The van der Waals surface area contributed by atoms with E-state index in [-0.39, 0.29) is 11.2 Å². The molecule has 1 aliphatic heterocycles. The van der Waals surface area contributed by atoms with Gasteiger partial charge in [0.05, 0.1) is 22.6 Å². The van der Waals surface area contributed by atoms with Gasteiger partial charge in [0, 0.05) is 27.9 Å². The number of carbonyl (C=O) groups is 1. The highest BCUT2D eigenvalue weighted by molar-refractivity contribution is 9.10. The van der Waals surface area contributed by atoms with E-state index in [0.29, 0.717) is 47.2 Å². The predicted octanol–water partition coefficient (Wildman–Crippen LogP) is 8.24. The average molecular weight is 617 g/mol. The van der Waals surface area contributed by atoms with E-state index in [1.165, 1.54) is 0 Å². The van der Waals surface area contributed by atoms with Crippen molar-refractivity contribution in [2.24, 2.45) is 11.1 Å². The lowest BCUT2D eigenvalue weighted by atomic mass is 9.68. The third-order valence-corrected chi connectivity index (χ3v) is 8.56. The molecule has 3 aromatic rings. The number of benzene rings is 3. The Bertz CT molecular complexity index is 1620. The third kappa shape index (κ3) is 5.16. The fraction of sp³-hybridized carbons (Fsp3) is 0.273. The predicted molar refractivity (Wildman–Crippen MR) is 163 cm³/mol. The molecule has 0 aromatic heterocycles. The molecule has 1 heterocycles. The van der Waals surface area contributed by atoms with Crippen molar-refractivity contribution in [2.75, 3.05) is 4.90 Å². The number of ketones is 1. The van der Waals surface area contributed by atoms with Crippen molar-refractivity contribution < 1.29 is 9.53 Å². The van der Waals surface area contributed by atoms with Gasteiger partial charge in [-0.25, -0.2) is 0 Å². The molecule has 0 amide bonds. The molecule has 0 spiro atoms. The van der Waals surface area contributed by atoms with Gasteiger partial charge in [-0.3, -0.25) is 9.69 Å². The number of ether oxygens (including phenoxy) is 1. The summed E-state index contributed by atoms with van der Waals surface area (Å²) in [6.45, 7) is 8.56. The number of nitriles is 1. The van der Waals surface area contributed by atoms with Crippen LogP contribution in [0.3, 0.4) is 0 Å². The molecule has 0 fully saturated rings. The molecule has 204 valence electrons. The lowest BCUT2D eigenvalue weighted by Crippen LogP contribution is -2.42. The van der Waals surface area contributed by atoms with Crippen LogP contribution in [-0.2, 0) is 11.4 Å². The van der Waals surface area contributed by atoms with Crippen LogP contribution in [0.15, 0.2) is 87.8 Å². The van der Waals surface area contributed by atoms with Crippen molar-refractivity contribution in [2.45, 2.75) is 53.1 Å². The molecule has 5 rings (SSSR count). The van der Waals surface area contributed by atoms with Crippen molar-refractivity contribution in [1.29, 1.82) is 5.26 Å². The first-order chi connectivity index (χ1) is 19.0.